The van der Waals surface area contributed by atoms with Gasteiger partial charge in [0.05, 0.1) is 91.9 Å². The zero-order chi connectivity index (χ0) is 43.9. The van der Waals surface area contributed by atoms with Gasteiger partial charge in [-0.2, -0.15) is 0 Å². The van der Waals surface area contributed by atoms with Crippen LogP contribution >= 0.6 is 0 Å². The van der Waals surface area contributed by atoms with Crippen LogP contribution in [0.4, 0.5) is 0 Å². The molecule has 9 rings (SSSR count). The van der Waals surface area contributed by atoms with Crippen LogP contribution < -0.4 is 0 Å². The monoisotopic (exact) mass is 886 g/mol. The summed E-state index contributed by atoms with van der Waals surface area (Å²) < 4.78 is 68.0. The summed E-state index contributed by atoms with van der Waals surface area (Å²) in [6.07, 6.45) is 3.14. The third-order valence-corrected chi connectivity index (χ3v) is 21.1. The lowest BCUT2D eigenvalue weighted by molar-refractivity contribution is -0.279. The fraction of sp³-hybridized carbons (Fsp3) is 0.875. The maximum absolute atomic E-state index is 14.2. The Morgan fingerprint density at radius 1 is 0.758 bits per heavy atom. The molecule has 0 amide bonds. The second-order valence-electron chi connectivity index (χ2n) is 22.0. The molecule has 0 unspecified atom stereocenters. The highest BCUT2D eigenvalue weighted by Gasteiger charge is 2.60. The van der Waals surface area contributed by atoms with Crippen LogP contribution in [0.5, 0.6) is 0 Å². The van der Waals surface area contributed by atoms with E-state index in [-0.39, 0.29) is 96.7 Å². The van der Waals surface area contributed by atoms with Gasteiger partial charge >= 0.3 is 5.97 Å². The van der Waals surface area contributed by atoms with Gasteiger partial charge in [0.1, 0.15) is 24.6 Å². The van der Waals surface area contributed by atoms with Crippen LogP contribution in [0.1, 0.15) is 125 Å². The first kappa shape index (κ1) is 45.6. The first-order valence-corrected chi connectivity index (χ1v) is 26.9. The molecule has 9 heterocycles. The predicted molar refractivity (Wildman–Crippen MR) is 230 cm³/mol. The predicted octanol–water partition coefficient (Wildman–Crippen LogP) is 6.81. The number of aliphatic hydroxyl groups is 1. The third kappa shape index (κ3) is 8.99. The van der Waals surface area contributed by atoms with Gasteiger partial charge < -0.3 is 57.0 Å². The number of rotatable bonds is 4. The largest absolute Gasteiger partial charge is 0.459 e. The van der Waals surface area contributed by atoms with E-state index in [1.54, 1.807) is 0 Å². The summed E-state index contributed by atoms with van der Waals surface area (Å²) >= 11 is 0. The highest BCUT2D eigenvalue weighted by Crippen LogP contribution is 2.50. The number of esters is 1. The summed E-state index contributed by atoms with van der Waals surface area (Å²) in [5.41, 5.74) is 2.12. The van der Waals surface area contributed by atoms with E-state index < -0.39 is 56.8 Å². The minimum Gasteiger partial charge on any atom is -0.459 e. The normalized spacial score (nSPS) is 48.9. The molecule has 348 valence electrons. The summed E-state index contributed by atoms with van der Waals surface area (Å²) in [6, 6.07) is 0. The summed E-state index contributed by atoms with van der Waals surface area (Å²) in [5.74, 6) is -1.36. The highest BCUT2D eigenvalue weighted by molar-refractivity contribution is 6.74. The van der Waals surface area contributed by atoms with Gasteiger partial charge in [0.2, 0.25) is 0 Å². The van der Waals surface area contributed by atoms with Crippen molar-refractivity contribution in [2.24, 2.45) is 11.8 Å². The molecule has 9 aliphatic rings. The molecule has 20 atom stereocenters. The average molecular weight is 887 g/mol. The van der Waals surface area contributed by atoms with E-state index in [0.29, 0.717) is 51.4 Å². The van der Waals surface area contributed by atoms with Crippen LogP contribution in [0.15, 0.2) is 24.3 Å². The summed E-state index contributed by atoms with van der Waals surface area (Å²) in [7, 11) is -2.23. The lowest BCUT2D eigenvalue weighted by Crippen LogP contribution is -2.63. The first-order chi connectivity index (χ1) is 29.4. The molecule has 62 heavy (non-hydrogen) atoms. The smallest absolute Gasteiger partial charge is 0.308 e. The van der Waals surface area contributed by atoms with Gasteiger partial charge in [-0.05, 0) is 80.1 Å². The summed E-state index contributed by atoms with van der Waals surface area (Å²) in [6.45, 7) is 24.4. The number of hydrogen-bond donors (Lipinski definition) is 1. The number of hydrogen-bond acceptors (Lipinski definition) is 13. The van der Waals surface area contributed by atoms with Crippen LogP contribution in [0, 0.1) is 11.8 Å². The molecule has 0 aromatic rings. The van der Waals surface area contributed by atoms with E-state index in [0.717, 1.165) is 43.1 Å². The standard InChI is InChI=1S/C48H74O13Si/c1-25-18-29-10-12-33-26(2)19-31(52-33)14-16-48-24-32(50)45(60-48)40-23-41(59-48)46-35(55-40)13-11-30(54-46)20-42(51)58-44-28(4)43-39(56-38(44)21-36(53-29)27(25)3)22-37(34(57-43)15-17-49)61-62(8,9)47(5,6)7/h17,25,28-41,43-46,50H,2-3,10-16,18-24H2,1,4-9H3/t25-,28+,29+,30-,31+,32-,33+,34-,35+,36-,37-,38+,39+,40-,41-,43+,44-,45+,46+,48-/m1/s1. The molecule has 0 aromatic heterocycles. The van der Waals surface area contributed by atoms with Crippen molar-refractivity contribution >= 4 is 20.6 Å². The molecular formula is C48H74O13Si. The second kappa shape index (κ2) is 17.6. The topological polar surface area (TPSA) is 147 Å². The second-order valence-corrected chi connectivity index (χ2v) is 26.8. The number of fused-ring (bicyclic) bond motifs is 10. The summed E-state index contributed by atoms with van der Waals surface area (Å²) in [5, 5.41) is 11.2. The Hall–Kier alpha value is -1.56. The average Bonchev–Trinajstić information content (AvgIpc) is 3.69. The lowest BCUT2D eigenvalue weighted by atomic mass is 9.79. The molecule has 13 nitrogen and oxygen atoms in total. The van der Waals surface area contributed by atoms with Gasteiger partial charge in [-0.3, -0.25) is 4.79 Å². The van der Waals surface area contributed by atoms with E-state index in [1.807, 2.05) is 0 Å². The first-order valence-electron chi connectivity index (χ1n) is 24.0. The van der Waals surface area contributed by atoms with Gasteiger partial charge in [0, 0.05) is 44.4 Å². The van der Waals surface area contributed by atoms with E-state index in [9.17, 15) is 14.7 Å². The van der Waals surface area contributed by atoms with Crippen molar-refractivity contribution in [3.63, 3.8) is 0 Å². The zero-order valence-electron chi connectivity index (χ0n) is 38.2. The van der Waals surface area contributed by atoms with Crippen molar-refractivity contribution in [1.29, 1.82) is 0 Å². The third-order valence-electron chi connectivity index (χ3n) is 16.6. The van der Waals surface area contributed by atoms with E-state index in [2.05, 4.69) is 60.9 Å². The Morgan fingerprint density at radius 2 is 1.47 bits per heavy atom. The minimum atomic E-state index is -2.23. The number of carbonyl (C=O) groups excluding carboxylic acids is 2. The molecule has 1 spiro atoms. The van der Waals surface area contributed by atoms with Crippen molar-refractivity contribution < 1.29 is 61.8 Å². The molecule has 14 heteroatoms. The molecule has 9 aliphatic heterocycles. The molecular weight excluding hydrogens is 813 g/mol. The quantitative estimate of drug-likeness (QED) is 0.137. The minimum absolute atomic E-state index is 0.0153. The van der Waals surface area contributed by atoms with Gasteiger partial charge in [0.15, 0.2) is 14.1 Å². The molecule has 0 aromatic carbocycles. The van der Waals surface area contributed by atoms with E-state index in [4.69, 9.17) is 47.1 Å². The number of aldehydes is 1. The van der Waals surface area contributed by atoms with Crippen LogP contribution in [-0.2, 0) is 56.6 Å². The van der Waals surface area contributed by atoms with Crippen LogP contribution in [0.3, 0.4) is 0 Å². The van der Waals surface area contributed by atoms with Crippen molar-refractivity contribution in [2.45, 2.75) is 252 Å². The Balaban J connectivity index is 0.991. The number of carbonyl (C=O) groups is 2. The van der Waals surface area contributed by atoms with Crippen LogP contribution in [0.2, 0.25) is 18.1 Å². The van der Waals surface area contributed by atoms with Crippen LogP contribution in [0.25, 0.3) is 0 Å². The number of aliphatic hydroxyl groups excluding tert-OH is 1. The lowest BCUT2D eigenvalue weighted by Gasteiger charge is -2.53. The fourth-order valence-electron chi connectivity index (χ4n) is 12.0. The maximum atomic E-state index is 14.2. The molecule has 10 bridgehead atoms. The summed E-state index contributed by atoms with van der Waals surface area (Å²) in [4.78, 5) is 26.3. The van der Waals surface area contributed by atoms with Gasteiger partial charge in [-0.25, -0.2) is 0 Å². The van der Waals surface area contributed by atoms with Crippen molar-refractivity contribution in [2.75, 3.05) is 0 Å². The molecule has 0 radical (unpaired) electrons. The Kier molecular flexibility index (Phi) is 12.9. The van der Waals surface area contributed by atoms with Crippen molar-refractivity contribution in [3.05, 3.63) is 24.3 Å². The van der Waals surface area contributed by atoms with Crippen molar-refractivity contribution in [1.82, 2.24) is 0 Å². The Bertz CT molecular complexity index is 1680. The molecule has 0 aliphatic carbocycles. The molecule has 0 saturated carbocycles. The van der Waals surface area contributed by atoms with Gasteiger partial charge in [-0.15, -0.1) is 0 Å². The maximum Gasteiger partial charge on any atom is 0.308 e. The Labute approximate surface area is 369 Å². The molecule has 9 fully saturated rings. The van der Waals surface area contributed by atoms with Gasteiger partial charge in [-0.1, -0.05) is 47.8 Å². The van der Waals surface area contributed by atoms with Gasteiger partial charge in [0.25, 0.3) is 0 Å². The molecule has 1 N–H and O–H groups in total. The fourth-order valence-corrected chi connectivity index (χ4v) is 13.4. The Morgan fingerprint density at radius 3 is 2.24 bits per heavy atom. The van der Waals surface area contributed by atoms with E-state index >= 15 is 0 Å². The SMILES string of the molecule is C=C1C[C@@H]2CC[C@]34C[C@@H](O)[C@H](O3)[C@H]3C[C@@H](O4)[C@H]4O[C@H](CC[C@@H]4O3)CC(=O)O[C@@H]3[C@@H](C)[C@@H]4O[C@H](CC=O)[C@H](O[Si](C)(C)C(C)(C)C)C[C@@H]4O[C@H]3C[C@H]3O[C@@H](CC[C@@H]1O2)C[C@@H](C)C3=C. The number of ether oxygens (including phenoxy) is 9. The van der Waals surface area contributed by atoms with E-state index in [1.165, 1.54) is 0 Å². The van der Waals surface area contributed by atoms with Crippen LogP contribution in [-0.4, -0.2) is 135 Å². The highest BCUT2D eigenvalue weighted by atomic mass is 28.4. The molecule has 9 saturated heterocycles. The zero-order valence-corrected chi connectivity index (χ0v) is 39.2. The van der Waals surface area contributed by atoms with Crippen molar-refractivity contribution in [3.8, 4) is 0 Å².